The SMILES string of the molecule is CCOCc1ccc(C)cc1N1C(=O)CSC1=NC(=O)Nc1ccc(-c2ncn(-c3ccc(OC(F)(F)F)cc3)n2)cc1C. The van der Waals surface area contributed by atoms with Crippen molar-refractivity contribution in [1.82, 2.24) is 14.8 Å². The molecule has 10 nitrogen and oxygen atoms in total. The van der Waals surface area contributed by atoms with Crippen LogP contribution in [0.2, 0.25) is 0 Å². The second-order valence-corrected chi connectivity index (χ2v) is 10.6. The number of carbonyl (C=O) groups is 2. The lowest BCUT2D eigenvalue weighted by Crippen LogP contribution is -2.31. The second-order valence-electron chi connectivity index (χ2n) is 9.70. The third-order valence-electron chi connectivity index (χ3n) is 6.46. The number of anilines is 2. The van der Waals surface area contributed by atoms with E-state index >= 15 is 0 Å². The maximum atomic E-state index is 13.0. The quantitative estimate of drug-likeness (QED) is 0.234. The van der Waals surface area contributed by atoms with E-state index in [1.165, 1.54) is 51.9 Å². The van der Waals surface area contributed by atoms with E-state index in [0.717, 1.165) is 11.1 Å². The average molecular weight is 625 g/mol. The number of aryl methyl sites for hydroxylation is 2. The molecule has 3 amide bonds. The van der Waals surface area contributed by atoms with Gasteiger partial charge in [0.05, 0.1) is 23.7 Å². The van der Waals surface area contributed by atoms with Crippen LogP contribution in [-0.2, 0) is 16.1 Å². The molecular formula is C30H27F3N6O4S. The number of nitrogens with one attached hydrogen (secondary N) is 1. The number of hydrogen-bond acceptors (Lipinski definition) is 7. The molecule has 0 aliphatic carbocycles. The molecule has 14 heteroatoms. The first kappa shape index (κ1) is 30.8. The molecule has 2 heterocycles. The fraction of sp³-hybridized carbons (Fsp3) is 0.233. The summed E-state index contributed by atoms with van der Waals surface area (Å²) < 4.78 is 48.2. The second kappa shape index (κ2) is 12.9. The minimum atomic E-state index is -4.78. The summed E-state index contributed by atoms with van der Waals surface area (Å²) >= 11 is 1.19. The Kier molecular flexibility index (Phi) is 9.01. The molecule has 1 saturated heterocycles. The molecule has 1 fully saturated rings. The van der Waals surface area contributed by atoms with Crippen molar-refractivity contribution in [2.45, 2.75) is 33.7 Å². The normalized spacial score (nSPS) is 14.4. The van der Waals surface area contributed by atoms with E-state index in [0.29, 0.717) is 47.2 Å². The first-order valence-electron chi connectivity index (χ1n) is 13.4. The average Bonchev–Trinajstić information content (AvgIpc) is 3.60. The fourth-order valence-electron chi connectivity index (χ4n) is 4.39. The molecule has 0 bridgehead atoms. The summed E-state index contributed by atoms with van der Waals surface area (Å²) in [6.45, 7) is 6.46. The highest BCUT2D eigenvalue weighted by Crippen LogP contribution is 2.32. The highest BCUT2D eigenvalue weighted by molar-refractivity contribution is 8.15. The van der Waals surface area contributed by atoms with Gasteiger partial charge in [0.1, 0.15) is 12.1 Å². The van der Waals surface area contributed by atoms with Gasteiger partial charge in [-0.2, -0.15) is 4.99 Å². The molecule has 5 rings (SSSR count). The Morgan fingerprint density at radius 3 is 2.57 bits per heavy atom. The molecule has 228 valence electrons. The van der Waals surface area contributed by atoms with Crippen LogP contribution in [0.5, 0.6) is 5.75 Å². The maximum absolute atomic E-state index is 13.0. The molecule has 0 unspecified atom stereocenters. The summed E-state index contributed by atoms with van der Waals surface area (Å²) in [6.07, 6.45) is -3.33. The molecule has 0 radical (unpaired) electrons. The number of benzene rings is 3. The Bertz CT molecular complexity index is 1720. The van der Waals surface area contributed by atoms with Gasteiger partial charge in [0.25, 0.3) is 0 Å². The zero-order chi connectivity index (χ0) is 31.4. The number of urea groups is 1. The Labute approximate surface area is 254 Å². The van der Waals surface area contributed by atoms with Crippen molar-refractivity contribution in [3.05, 3.63) is 83.7 Å². The number of amidine groups is 1. The van der Waals surface area contributed by atoms with Crippen molar-refractivity contribution >= 4 is 40.2 Å². The van der Waals surface area contributed by atoms with E-state index in [4.69, 9.17) is 4.74 Å². The molecule has 0 saturated carbocycles. The van der Waals surface area contributed by atoms with Gasteiger partial charge in [-0.15, -0.1) is 18.3 Å². The van der Waals surface area contributed by atoms with Crippen molar-refractivity contribution in [2.24, 2.45) is 4.99 Å². The van der Waals surface area contributed by atoms with E-state index in [2.05, 4.69) is 25.1 Å². The highest BCUT2D eigenvalue weighted by Gasteiger charge is 2.32. The Hall–Kier alpha value is -4.69. The van der Waals surface area contributed by atoms with Crippen molar-refractivity contribution in [2.75, 3.05) is 22.6 Å². The monoisotopic (exact) mass is 624 g/mol. The van der Waals surface area contributed by atoms with Gasteiger partial charge in [0, 0.05) is 23.4 Å². The van der Waals surface area contributed by atoms with Crippen LogP contribution in [0.1, 0.15) is 23.6 Å². The van der Waals surface area contributed by atoms with Crippen LogP contribution in [-0.4, -0.2) is 50.6 Å². The summed E-state index contributed by atoms with van der Waals surface area (Å²) in [5.41, 5.74) is 4.78. The van der Waals surface area contributed by atoms with Gasteiger partial charge >= 0.3 is 12.4 Å². The number of aromatic nitrogens is 3. The standard InChI is InChI=1S/C30H27F3N6O4S/c1-4-42-15-21-6-5-18(2)13-25(21)39-26(40)16-44-29(39)36-28(41)35-24-12-7-20(14-19(24)3)27-34-17-38(37-27)22-8-10-23(11-9-22)43-30(31,32)33/h5-14,17H,4,15-16H2,1-3H3,(H,35,41). The van der Waals surface area contributed by atoms with Gasteiger partial charge < -0.3 is 14.8 Å². The lowest BCUT2D eigenvalue weighted by molar-refractivity contribution is -0.274. The number of hydrogen-bond donors (Lipinski definition) is 1. The summed E-state index contributed by atoms with van der Waals surface area (Å²) in [7, 11) is 0. The van der Waals surface area contributed by atoms with E-state index in [1.54, 1.807) is 25.1 Å². The van der Waals surface area contributed by atoms with Crippen LogP contribution >= 0.6 is 11.8 Å². The number of nitrogens with zero attached hydrogens (tertiary/aromatic N) is 5. The predicted octanol–water partition coefficient (Wildman–Crippen LogP) is 6.65. The molecule has 1 N–H and O–H groups in total. The van der Waals surface area contributed by atoms with Gasteiger partial charge in [-0.3, -0.25) is 9.69 Å². The van der Waals surface area contributed by atoms with Crippen LogP contribution in [0.25, 0.3) is 17.1 Å². The molecule has 3 aromatic carbocycles. The number of ether oxygens (including phenoxy) is 2. The minimum Gasteiger partial charge on any atom is -0.406 e. The topological polar surface area (TPSA) is 111 Å². The third-order valence-corrected chi connectivity index (χ3v) is 7.38. The number of rotatable bonds is 8. The largest absolute Gasteiger partial charge is 0.573 e. The summed E-state index contributed by atoms with van der Waals surface area (Å²) in [4.78, 5) is 35.8. The first-order chi connectivity index (χ1) is 21.0. The zero-order valence-corrected chi connectivity index (χ0v) is 24.7. The predicted molar refractivity (Wildman–Crippen MR) is 161 cm³/mol. The fourth-order valence-corrected chi connectivity index (χ4v) is 5.25. The number of thioether (sulfide) groups is 1. The number of halogens is 3. The van der Waals surface area contributed by atoms with Crippen molar-refractivity contribution in [3.8, 4) is 22.8 Å². The summed E-state index contributed by atoms with van der Waals surface area (Å²) in [5.74, 6) is 0.0158. The summed E-state index contributed by atoms with van der Waals surface area (Å²) in [5, 5.41) is 7.47. The van der Waals surface area contributed by atoms with Crippen LogP contribution in [0.15, 0.2) is 72.0 Å². The minimum absolute atomic E-state index is 0.160. The van der Waals surface area contributed by atoms with Gasteiger partial charge in [-0.1, -0.05) is 23.9 Å². The highest BCUT2D eigenvalue weighted by atomic mass is 32.2. The Balaban J connectivity index is 1.30. The van der Waals surface area contributed by atoms with Gasteiger partial charge in [-0.25, -0.2) is 14.5 Å². The maximum Gasteiger partial charge on any atom is 0.573 e. The Morgan fingerprint density at radius 2 is 1.86 bits per heavy atom. The molecule has 44 heavy (non-hydrogen) atoms. The summed E-state index contributed by atoms with van der Waals surface area (Å²) in [6, 6.07) is 15.5. The van der Waals surface area contributed by atoms with Crippen LogP contribution in [0.3, 0.4) is 0 Å². The number of carbonyl (C=O) groups excluding carboxylic acids is 2. The van der Waals surface area contributed by atoms with E-state index in [1.807, 2.05) is 32.0 Å². The smallest absolute Gasteiger partial charge is 0.406 e. The van der Waals surface area contributed by atoms with Crippen LogP contribution in [0, 0.1) is 13.8 Å². The lowest BCUT2D eigenvalue weighted by Gasteiger charge is -2.20. The van der Waals surface area contributed by atoms with Crippen molar-refractivity contribution in [1.29, 1.82) is 0 Å². The zero-order valence-electron chi connectivity index (χ0n) is 23.9. The number of aliphatic imine (C=N–C) groups is 1. The number of amides is 3. The third kappa shape index (κ3) is 7.26. The van der Waals surface area contributed by atoms with Gasteiger partial charge in [-0.05, 0) is 80.4 Å². The molecule has 1 aliphatic heterocycles. The lowest BCUT2D eigenvalue weighted by atomic mass is 10.1. The van der Waals surface area contributed by atoms with Crippen LogP contribution in [0.4, 0.5) is 29.3 Å². The molecule has 1 aromatic heterocycles. The molecule has 0 atom stereocenters. The first-order valence-corrected chi connectivity index (χ1v) is 14.4. The van der Waals surface area contributed by atoms with E-state index < -0.39 is 12.4 Å². The van der Waals surface area contributed by atoms with Gasteiger partial charge in [0.2, 0.25) is 5.91 Å². The van der Waals surface area contributed by atoms with Gasteiger partial charge in [0.15, 0.2) is 11.0 Å². The van der Waals surface area contributed by atoms with Crippen molar-refractivity contribution < 1.29 is 32.2 Å². The molecular weight excluding hydrogens is 597 g/mol. The van der Waals surface area contributed by atoms with Crippen LogP contribution < -0.4 is 15.0 Å². The molecule has 1 aliphatic rings. The Morgan fingerprint density at radius 1 is 1.09 bits per heavy atom. The van der Waals surface area contributed by atoms with Crippen molar-refractivity contribution in [3.63, 3.8) is 0 Å². The van der Waals surface area contributed by atoms with E-state index in [9.17, 15) is 22.8 Å². The van der Waals surface area contributed by atoms with E-state index in [-0.39, 0.29) is 22.6 Å². The molecule has 0 spiro atoms. The number of alkyl halides is 3. The molecule has 4 aromatic rings.